The fraction of sp³-hybridized carbons (Fsp3) is 0.125. The smallest absolute Gasteiger partial charge is 0.335 e. The van der Waals surface area contributed by atoms with Crippen molar-refractivity contribution in [3.05, 3.63) is 59.2 Å². The van der Waals surface area contributed by atoms with Gasteiger partial charge in [0, 0.05) is 23.5 Å². The lowest BCUT2D eigenvalue weighted by Gasteiger charge is -2.17. The van der Waals surface area contributed by atoms with Crippen molar-refractivity contribution in [3.63, 3.8) is 0 Å². The minimum atomic E-state index is -0.960. The number of hydrogen-bond acceptors (Lipinski definition) is 3. The number of fused-ring (bicyclic) bond motifs is 1. The molecule has 5 nitrogen and oxygen atoms in total. The van der Waals surface area contributed by atoms with Gasteiger partial charge in [-0.15, -0.1) is 0 Å². The summed E-state index contributed by atoms with van der Waals surface area (Å²) < 4.78 is 0. The second kappa shape index (κ2) is 4.94. The van der Waals surface area contributed by atoms with Crippen LogP contribution in [0.1, 0.15) is 26.3 Å². The molecule has 0 fully saturated rings. The fourth-order valence-corrected chi connectivity index (χ4v) is 2.57. The number of rotatable bonds is 2. The standard InChI is InChI=1S/C16H14N2O3/c17-13-3-1-2-11(9-13)15(19)18-7-6-10-8-12(16(20)21)4-5-14(10)18/h1-5,8-9H,6-7,17H2,(H,20,21). The molecule has 1 amide bonds. The van der Waals surface area contributed by atoms with Crippen molar-refractivity contribution in [1.82, 2.24) is 0 Å². The number of carbonyl (C=O) groups is 2. The Morgan fingerprint density at radius 3 is 2.62 bits per heavy atom. The van der Waals surface area contributed by atoms with Gasteiger partial charge in [-0.05, 0) is 48.4 Å². The number of nitrogens with two attached hydrogens (primary N) is 1. The number of carboxylic acid groups (broad SMARTS) is 1. The first-order valence-corrected chi connectivity index (χ1v) is 6.60. The summed E-state index contributed by atoms with van der Waals surface area (Å²) in [4.78, 5) is 25.2. The van der Waals surface area contributed by atoms with E-state index in [0.29, 0.717) is 24.2 Å². The number of benzene rings is 2. The first-order valence-electron chi connectivity index (χ1n) is 6.60. The number of nitrogens with zero attached hydrogens (tertiary/aromatic N) is 1. The highest BCUT2D eigenvalue weighted by Gasteiger charge is 2.26. The van der Waals surface area contributed by atoms with Gasteiger partial charge < -0.3 is 15.7 Å². The van der Waals surface area contributed by atoms with Crippen LogP contribution in [-0.2, 0) is 6.42 Å². The minimum absolute atomic E-state index is 0.121. The molecule has 0 atom stereocenters. The van der Waals surface area contributed by atoms with Gasteiger partial charge in [-0.2, -0.15) is 0 Å². The zero-order valence-electron chi connectivity index (χ0n) is 11.2. The molecule has 0 aromatic heterocycles. The highest BCUT2D eigenvalue weighted by Crippen LogP contribution is 2.30. The van der Waals surface area contributed by atoms with E-state index in [2.05, 4.69) is 0 Å². The number of aromatic carboxylic acids is 1. The van der Waals surface area contributed by atoms with Crippen LogP contribution >= 0.6 is 0 Å². The Kier molecular flexibility index (Phi) is 3.10. The van der Waals surface area contributed by atoms with Crippen LogP contribution in [0.25, 0.3) is 0 Å². The maximum atomic E-state index is 12.5. The van der Waals surface area contributed by atoms with E-state index in [-0.39, 0.29) is 11.5 Å². The number of anilines is 2. The molecule has 5 heteroatoms. The number of carbonyl (C=O) groups excluding carboxylic acids is 1. The van der Waals surface area contributed by atoms with Crippen LogP contribution in [-0.4, -0.2) is 23.5 Å². The predicted molar refractivity (Wildman–Crippen MR) is 79.6 cm³/mol. The fourth-order valence-electron chi connectivity index (χ4n) is 2.57. The zero-order chi connectivity index (χ0) is 15.0. The molecule has 1 aliphatic heterocycles. The van der Waals surface area contributed by atoms with Gasteiger partial charge >= 0.3 is 5.97 Å². The van der Waals surface area contributed by atoms with Crippen molar-refractivity contribution in [2.24, 2.45) is 0 Å². The van der Waals surface area contributed by atoms with Crippen molar-refractivity contribution >= 4 is 23.3 Å². The summed E-state index contributed by atoms with van der Waals surface area (Å²) in [6.07, 6.45) is 0.657. The van der Waals surface area contributed by atoms with Crippen LogP contribution in [0.5, 0.6) is 0 Å². The second-order valence-electron chi connectivity index (χ2n) is 4.98. The van der Waals surface area contributed by atoms with E-state index < -0.39 is 5.97 Å². The van der Waals surface area contributed by atoms with Gasteiger partial charge in [0.05, 0.1) is 5.56 Å². The Morgan fingerprint density at radius 1 is 1.10 bits per heavy atom. The molecule has 0 radical (unpaired) electrons. The van der Waals surface area contributed by atoms with E-state index in [4.69, 9.17) is 10.8 Å². The van der Waals surface area contributed by atoms with Crippen molar-refractivity contribution in [3.8, 4) is 0 Å². The first-order chi connectivity index (χ1) is 10.1. The average molecular weight is 282 g/mol. The summed E-state index contributed by atoms with van der Waals surface area (Å²) in [7, 11) is 0. The summed E-state index contributed by atoms with van der Waals surface area (Å²) in [5, 5.41) is 9.01. The molecule has 0 aliphatic carbocycles. The van der Waals surface area contributed by atoms with Gasteiger partial charge in [0.15, 0.2) is 0 Å². The number of carboxylic acids is 1. The Labute approximate surface area is 121 Å². The molecular weight excluding hydrogens is 268 g/mol. The largest absolute Gasteiger partial charge is 0.478 e. The van der Waals surface area contributed by atoms with Crippen molar-refractivity contribution < 1.29 is 14.7 Å². The van der Waals surface area contributed by atoms with Gasteiger partial charge in [-0.1, -0.05) is 6.07 Å². The van der Waals surface area contributed by atoms with Crippen LogP contribution < -0.4 is 10.6 Å². The maximum Gasteiger partial charge on any atom is 0.335 e. The lowest BCUT2D eigenvalue weighted by atomic mass is 10.1. The molecule has 21 heavy (non-hydrogen) atoms. The highest BCUT2D eigenvalue weighted by molar-refractivity contribution is 6.08. The maximum absolute atomic E-state index is 12.5. The normalized spacial score (nSPS) is 13.0. The van der Waals surface area contributed by atoms with Gasteiger partial charge in [-0.25, -0.2) is 4.79 Å². The molecule has 2 aromatic rings. The zero-order valence-corrected chi connectivity index (χ0v) is 11.2. The molecule has 0 spiro atoms. The van der Waals surface area contributed by atoms with Gasteiger partial charge in [0.1, 0.15) is 0 Å². The van der Waals surface area contributed by atoms with Crippen LogP contribution in [0.15, 0.2) is 42.5 Å². The van der Waals surface area contributed by atoms with E-state index in [1.54, 1.807) is 41.3 Å². The molecule has 106 valence electrons. The molecule has 3 N–H and O–H groups in total. The third-order valence-corrected chi connectivity index (χ3v) is 3.60. The molecule has 0 unspecified atom stereocenters. The van der Waals surface area contributed by atoms with Crippen LogP contribution in [0.2, 0.25) is 0 Å². The van der Waals surface area contributed by atoms with Crippen molar-refractivity contribution in [2.75, 3.05) is 17.2 Å². The van der Waals surface area contributed by atoms with Crippen LogP contribution in [0.3, 0.4) is 0 Å². The summed E-state index contributed by atoms with van der Waals surface area (Å²) >= 11 is 0. The van der Waals surface area contributed by atoms with Crippen LogP contribution in [0, 0.1) is 0 Å². The summed E-state index contributed by atoms with van der Waals surface area (Å²) in [6, 6.07) is 11.7. The van der Waals surface area contributed by atoms with Gasteiger partial charge in [0.25, 0.3) is 5.91 Å². The molecule has 0 saturated carbocycles. The van der Waals surface area contributed by atoms with Crippen LogP contribution in [0.4, 0.5) is 11.4 Å². The summed E-state index contributed by atoms with van der Waals surface area (Å²) in [6.45, 7) is 0.548. The third kappa shape index (κ3) is 2.33. The quantitative estimate of drug-likeness (QED) is 0.827. The number of amides is 1. The second-order valence-corrected chi connectivity index (χ2v) is 4.98. The Balaban J connectivity index is 1.94. The Bertz CT molecular complexity index is 740. The highest BCUT2D eigenvalue weighted by atomic mass is 16.4. The molecule has 0 bridgehead atoms. The van der Waals surface area contributed by atoms with E-state index in [0.717, 1.165) is 11.3 Å². The van der Waals surface area contributed by atoms with Crippen molar-refractivity contribution in [2.45, 2.75) is 6.42 Å². The lowest BCUT2D eigenvalue weighted by Crippen LogP contribution is -2.28. The topological polar surface area (TPSA) is 83.6 Å². The third-order valence-electron chi connectivity index (χ3n) is 3.60. The SMILES string of the molecule is Nc1cccc(C(=O)N2CCc3cc(C(=O)O)ccc32)c1. The Morgan fingerprint density at radius 2 is 1.90 bits per heavy atom. The summed E-state index contributed by atoms with van der Waals surface area (Å²) in [5.74, 6) is -1.08. The van der Waals surface area contributed by atoms with E-state index in [1.165, 1.54) is 6.07 Å². The molecule has 0 saturated heterocycles. The number of hydrogen-bond donors (Lipinski definition) is 2. The number of nitrogen functional groups attached to an aromatic ring is 1. The molecule has 2 aromatic carbocycles. The molecule has 1 heterocycles. The van der Waals surface area contributed by atoms with Gasteiger partial charge in [0.2, 0.25) is 0 Å². The van der Waals surface area contributed by atoms with Gasteiger partial charge in [-0.3, -0.25) is 4.79 Å². The lowest BCUT2D eigenvalue weighted by molar-refractivity contribution is 0.0696. The monoisotopic (exact) mass is 282 g/mol. The minimum Gasteiger partial charge on any atom is -0.478 e. The molecular formula is C16H14N2O3. The molecule has 3 rings (SSSR count). The molecule has 1 aliphatic rings. The summed E-state index contributed by atoms with van der Waals surface area (Å²) in [5.41, 5.74) is 8.68. The van der Waals surface area contributed by atoms with E-state index in [9.17, 15) is 9.59 Å². The van der Waals surface area contributed by atoms with E-state index >= 15 is 0 Å². The predicted octanol–water partition coefficient (Wildman–Crippen LogP) is 2.17. The van der Waals surface area contributed by atoms with Crippen molar-refractivity contribution in [1.29, 1.82) is 0 Å². The average Bonchev–Trinajstić information content (AvgIpc) is 2.89. The Hall–Kier alpha value is -2.82. The first kappa shape index (κ1) is 13.2. The van der Waals surface area contributed by atoms with E-state index in [1.807, 2.05) is 0 Å².